The molecule has 0 bridgehead atoms. The number of benzene rings is 1. The van der Waals surface area contributed by atoms with Gasteiger partial charge in [0, 0.05) is 44.2 Å². The predicted octanol–water partition coefficient (Wildman–Crippen LogP) is 3.03. The first-order valence-electron chi connectivity index (χ1n) is 11.3. The van der Waals surface area contributed by atoms with Crippen molar-refractivity contribution in [2.75, 3.05) is 39.3 Å². The summed E-state index contributed by atoms with van der Waals surface area (Å²) in [5, 5.41) is 0. The summed E-state index contributed by atoms with van der Waals surface area (Å²) in [5.41, 5.74) is 1.03. The Morgan fingerprint density at radius 3 is 2.34 bits per heavy atom. The first-order chi connectivity index (χ1) is 14.2. The van der Waals surface area contributed by atoms with Gasteiger partial charge in [-0.1, -0.05) is 30.3 Å². The molecular formula is C24H33N3O2. The first kappa shape index (κ1) is 20.1. The third-order valence-electron chi connectivity index (χ3n) is 6.70. The quantitative estimate of drug-likeness (QED) is 0.720. The SMILES string of the molecule is O=C(/C=C/c1ccccc1)N1CCC(C(=O)N2CCCC2CN2CCCC2)CC1. The summed E-state index contributed by atoms with van der Waals surface area (Å²) in [7, 11) is 0. The zero-order valence-corrected chi connectivity index (χ0v) is 17.3. The maximum Gasteiger partial charge on any atom is 0.246 e. The second-order valence-corrected chi connectivity index (χ2v) is 8.68. The molecule has 5 heteroatoms. The van der Waals surface area contributed by atoms with Crippen LogP contribution < -0.4 is 0 Å². The van der Waals surface area contributed by atoms with E-state index in [1.165, 1.54) is 25.9 Å². The number of carbonyl (C=O) groups is 2. The molecule has 1 aromatic rings. The summed E-state index contributed by atoms with van der Waals surface area (Å²) in [4.78, 5) is 32.2. The smallest absolute Gasteiger partial charge is 0.246 e. The van der Waals surface area contributed by atoms with Crippen molar-refractivity contribution in [1.29, 1.82) is 0 Å². The van der Waals surface area contributed by atoms with Crippen LogP contribution in [-0.4, -0.2) is 71.8 Å². The number of likely N-dealkylation sites (tertiary alicyclic amines) is 3. The summed E-state index contributed by atoms with van der Waals surface area (Å²) in [5.74, 6) is 0.461. The minimum absolute atomic E-state index is 0.0489. The van der Waals surface area contributed by atoms with E-state index in [1.807, 2.05) is 41.3 Å². The van der Waals surface area contributed by atoms with Gasteiger partial charge in [-0.15, -0.1) is 0 Å². The van der Waals surface area contributed by atoms with Gasteiger partial charge in [0.15, 0.2) is 0 Å². The van der Waals surface area contributed by atoms with Gasteiger partial charge in [-0.05, 0) is 63.3 Å². The molecule has 29 heavy (non-hydrogen) atoms. The predicted molar refractivity (Wildman–Crippen MR) is 115 cm³/mol. The molecule has 3 fully saturated rings. The Hall–Kier alpha value is -2.14. The average molecular weight is 396 g/mol. The Labute approximate surface area is 174 Å². The van der Waals surface area contributed by atoms with E-state index in [0.29, 0.717) is 25.0 Å². The van der Waals surface area contributed by atoms with E-state index >= 15 is 0 Å². The minimum Gasteiger partial charge on any atom is -0.339 e. The van der Waals surface area contributed by atoms with Crippen molar-refractivity contribution in [2.45, 2.75) is 44.6 Å². The Morgan fingerprint density at radius 1 is 0.897 bits per heavy atom. The molecule has 3 heterocycles. The molecule has 3 aliphatic rings. The number of hydrogen-bond donors (Lipinski definition) is 0. The third-order valence-corrected chi connectivity index (χ3v) is 6.70. The van der Waals surface area contributed by atoms with E-state index in [-0.39, 0.29) is 11.8 Å². The molecular weight excluding hydrogens is 362 g/mol. The molecule has 156 valence electrons. The molecule has 0 N–H and O–H groups in total. The molecule has 0 spiro atoms. The van der Waals surface area contributed by atoms with E-state index in [9.17, 15) is 9.59 Å². The van der Waals surface area contributed by atoms with Crippen LogP contribution in [0.5, 0.6) is 0 Å². The van der Waals surface area contributed by atoms with Gasteiger partial charge in [0.1, 0.15) is 0 Å². The highest BCUT2D eigenvalue weighted by molar-refractivity contribution is 5.92. The lowest BCUT2D eigenvalue weighted by Crippen LogP contribution is -2.48. The van der Waals surface area contributed by atoms with Crippen molar-refractivity contribution in [3.63, 3.8) is 0 Å². The molecule has 3 aliphatic heterocycles. The molecule has 4 rings (SSSR count). The van der Waals surface area contributed by atoms with E-state index < -0.39 is 0 Å². The monoisotopic (exact) mass is 395 g/mol. The largest absolute Gasteiger partial charge is 0.339 e. The van der Waals surface area contributed by atoms with Gasteiger partial charge >= 0.3 is 0 Å². The number of piperidine rings is 1. The molecule has 5 nitrogen and oxygen atoms in total. The van der Waals surface area contributed by atoms with Crippen molar-refractivity contribution in [3.05, 3.63) is 42.0 Å². The van der Waals surface area contributed by atoms with Crippen LogP contribution in [0.15, 0.2) is 36.4 Å². The van der Waals surface area contributed by atoms with Gasteiger partial charge in [0.05, 0.1) is 0 Å². The fourth-order valence-electron chi connectivity index (χ4n) is 5.00. The van der Waals surface area contributed by atoms with Gasteiger partial charge in [-0.25, -0.2) is 0 Å². The highest BCUT2D eigenvalue weighted by Gasteiger charge is 2.36. The highest BCUT2D eigenvalue weighted by Crippen LogP contribution is 2.26. The van der Waals surface area contributed by atoms with Crippen LogP contribution in [0, 0.1) is 5.92 Å². The molecule has 3 saturated heterocycles. The number of amides is 2. The lowest BCUT2D eigenvalue weighted by Gasteiger charge is -2.35. The molecule has 1 aromatic carbocycles. The van der Waals surface area contributed by atoms with E-state index in [2.05, 4.69) is 9.80 Å². The Balaban J connectivity index is 1.26. The second-order valence-electron chi connectivity index (χ2n) is 8.68. The zero-order valence-electron chi connectivity index (χ0n) is 17.3. The number of hydrogen-bond acceptors (Lipinski definition) is 3. The molecule has 0 aliphatic carbocycles. The van der Waals surface area contributed by atoms with Crippen molar-refractivity contribution in [2.24, 2.45) is 5.92 Å². The van der Waals surface area contributed by atoms with Crippen LogP contribution in [-0.2, 0) is 9.59 Å². The topological polar surface area (TPSA) is 43.9 Å². The molecule has 0 radical (unpaired) electrons. The zero-order chi connectivity index (χ0) is 20.1. The summed E-state index contributed by atoms with van der Waals surface area (Å²) < 4.78 is 0. The standard InChI is InChI=1S/C24H33N3O2/c28-23(11-10-20-7-2-1-3-8-20)26-17-12-21(13-18-26)24(29)27-16-6-9-22(27)19-25-14-4-5-15-25/h1-3,7-8,10-11,21-22H,4-6,9,12-19H2/b11-10+. The Kier molecular flexibility index (Phi) is 6.65. The normalized spacial score (nSPS) is 23.9. The van der Waals surface area contributed by atoms with Gasteiger partial charge in [0.25, 0.3) is 0 Å². The summed E-state index contributed by atoms with van der Waals surface area (Å²) in [6.45, 7) is 5.70. The molecule has 1 atom stereocenters. The van der Waals surface area contributed by atoms with Crippen LogP contribution in [0.2, 0.25) is 0 Å². The maximum absolute atomic E-state index is 13.2. The van der Waals surface area contributed by atoms with E-state index in [0.717, 1.165) is 44.3 Å². The third kappa shape index (κ3) is 5.08. The van der Waals surface area contributed by atoms with Crippen molar-refractivity contribution < 1.29 is 9.59 Å². The summed E-state index contributed by atoms with van der Waals surface area (Å²) in [6, 6.07) is 10.3. The van der Waals surface area contributed by atoms with Crippen LogP contribution in [0.1, 0.15) is 44.1 Å². The summed E-state index contributed by atoms with van der Waals surface area (Å²) in [6.07, 6.45) is 9.97. The van der Waals surface area contributed by atoms with Crippen LogP contribution >= 0.6 is 0 Å². The number of carbonyl (C=O) groups excluding carboxylic acids is 2. The second kappa shape index (κ2) is 9.57. The van der Waals surface area contributed by atoms with Crippen LogP contribution in [0.25, 0.3) is 6.08 Å². The van der Waals surface area contributed by atoms with Gasteiger partial charge < -0.3 is 14.7 Å². The fraction of sp³-hybridized carbons (Fsp3) is 0.583. The Morgan fingerprint density at radius 2 is 1.62 bits per heavy atom. The molecule has 0 saturated carbocycles. The van der Waals surface area contributed by atoms with Crippen LogP contribution in [0.4, 0.5) is 0 Å². The molecule has 2 amide bonds. The van der Waals surface area contributed by atoms with Crippen molar-refractivity contribution in [1.82, 2.24) is 14.7 Å². The Bertz CT molecular complexity index is 719. The number of nitrogens with zero attached hydrogens (tertiary/aromatic N) is 3. The van der Waals surface area contributed by atoms with Gasteiger partial charge in [-0.2, -0.15) is 0 Å². The van der Waals surface area contributed by atoms with E-state index in [1.54, 1.807) is 6.08 Å². The van der Waals surface area contributed by atoms with Crippen molar-refractivity contribution >= 4 is 17.9 Å². The maximum atomic E-state index is 13.2. The minimum atomic E-state index is 0.0489. The fourth-order valence-corrected chi connectivity index (χ4v) is 5.00. The average Bonchev–Trinajstić information content (AvgIpc) is 3.45. The number of rotatable bonds is 5. The lowest BCUT2D eigenvalue weighted by atomic mass is 9.94. The van der Waals surface area contributed by atoms with E-state index in [4.69, 9.17) is 0 Å². The molecule has 0 aromatic heterocycles. The molecule has 1 unspecified atom stereocenters. The summed E-state index contributed by atoms with van der Waals surface area (Å²) >= 11 is 0. The van der Waals surface area contributed by atoms with Crippen LogP contribution in [0.3, 0.4) is 0 Å². The highest BCUT2D eigenvalue weighted by atomic mass is 16.2. The first-order valence-corrected chi connectivity index (χ1v) is 11.3. The van der Waals surface area contributed by atoms with Gasteiger partial charge in [0.2, 0.25) is 11.8 Å². The van der Waals surface area contributed by atoms with Gasteiger partial charge in [-0.3, -0.25) is 9.59 Å². The lowest BCUT2D eigenvalue weighted by molar-refractivity contribution is -0.140. The van der Waals surface area contributed by atoms with Crippen molar-refractivity contribution in [3.8, 4) is 0 Å².